The van der Waals surface area contributed by atoms with E-state index in [1.54, 1.807) is 0 Å². The molecule has 0 aromatic heterocycles. The van der Waals surface area contributed by atoms with Gasteiger partial charge in [0.25, 0.3) is 0 Å². The average Bonchev–Trinajstić information content (AvgIpc) is 2.50. The molecule has 1 aliphatic heterocycles. The summed E-state index contributed by atoms with van der Waals surface area (Å²) in [5, 5.41) is 3.35. The van der Waals surface area contributed by atoms with Crippen LogP contribution in [0.1, 0.15) is 44.1 Å². The first kappa shape index (κ1) is 12.5. The van der Waals surface area contributed by atoms with Gasteiger partial charge < -0.3 is 10.1 Å². The molecule has 3 heteroatoms. The molecule has 102 valence electrons. The number of hydrogen-bond acceptors (Lipinski definition) is 3. The van der Waals surface area contributed by atoms with Crippen LogP contribution < -0.4 is 10.1 Å². The van der Waals surface area contributed by atoms with E-state index >= 15 is 0 Å². The van der Waals surface area contributed by atoms with Crippen molar-refractivity contribution in [1.82, 2.24) is 5.32 Å². The van der Waals surface area contributed by atoms with Crippen LogP contribution in [-0.4, -0.2) is 25.0 Å². The molecule has 19 heavy (non-hydrogen) atoms. The van der Waals surface area contributed by atoms with E-state index in [1.807, 2.05) is 0 Å². The van der Waals surface area contributed by atoms with Gasteiger partial charge in [-0.05, 0) is 56.4 Å². The SMILES string of the molecule is c1cc(C2=NCCCN2)ccc1OC1CCCCC1. The molecule has 1 aromatic rings. The Balaban J connectivity index is 1.63. The van der Waals surface area contributed by atoms with Crippen LogP contribution in [0.3, 0.4) is 0 Å². The van der Waals surface area contributed by atoms with E-state index in [0.717, 1.165) is 36.7 Å². The first-order chi connectivity index (χ1) is 9.42. The van der Waals surface area contributed by atoms with E-state index in [2.05, 4.69) is 34.6 Å². The lowest BCUT2D eigenvalue weighted by Gasteiger charge is -2.23. The van der Waals surface area contributed by atoms with Gasteiger partial charge in [-0.1, -0.05) is 6.42 Å². The average molecular weight is 258 g/mol. The van der Waals surface area contributed by atoms with E-state index in [1.165, 1.54) is 32.1 Å². The monoisotopic (exact) mass is 258 g/mol. The fourth-order valence-electron chi connectivity index (χ4n) is 2.79. The van der Waals surface area contributed by atoms with Gasteiger partial charge in [0.05, 0.1) is 6.10 Å². The van der Waals surface area contributed by atoms with Crippen LogP contribution in [0.4, 0.5) is 0 Å². The lowest BCUT2D eigenvalue weighted by atomic mass is 9.98. The predicted molar refractivity (Wildman–Crippen MR) is 78.0 cm³/mol. The first-order valence-electron chi connectivity index (χ1n) is 7.47. The molecule has 1 saturated carbocycles. The third-order valence-electron chi connectivity index (χ3n) is 3.88. The number of aliphatic imine (C=N–C) groups is 1. The van der Waals surface area contributed by atoms with E-state index in [-0.39, 0.29) is 0 Å². The third kappa shape index (κ3) is 3.28. The Kier molecular flexibility index (Phi) is 4.01. The maximum Gasteiger partial charge on any atom is 0.128 e. The Hall–Kier alpha value is -1.51. The van der Waals surface area contributed by atoms with Crippen molar-refractivity contribution in [2.24, 2.45) is 4.99 Å². The summed E-state index contributed by atoms with van der Waals surface area (Å²) in [4.78, 5) is 4.51. The van der Waals surface area contributed by atoms with Gasteiger partial charge >= 0.3 is 0 Å². The second kappa shape index (κ2) is 6.09. The van der Waals surface area contributed by atoms with Crippen LogP contribution in [0.25, 0.3) is 0 Å². The van der Waals surface area contributed by atoms with E-state index in [4.69, 9.17) is 4.74 Å². The van der Waals surface area contributed by atoms with Crippen LogP contribution in [-0.2, 0) is 0 Å². The number of amidine groups is 1. The highest BCUT2D eigenvalue weighted by Crippen LogP contribution is 2.23. The summed E-state index contributed by atoms with van der Waals surface area (Å²) < 4.78 is 6.04. The normalized spacial score (nSPS) is 20.5. The van der Waals surface area contributed by atoms with Gasteiger partial charge in [-0.2, -0.15) is 0 Å². The molecule has 0 bridgehead atoms. The van der Waals surface area contributed by atoms with Gasteiger partial charge in [0.15, 0.2) is 0 Å². The topological polar surface area (TPSA) is 33.6 Å². The Bertz CT molecular complexity index is 433. The van der Waals surface area contributed by atoms with Crippen molar-refractivity contribution in [2.45, 2.75) is 44.6 Å². The van der Waals surface area contributed by atoms with Gasteiger partial charge in [0, 0.05) is 18.7 Å². The van der Waals surface area contributed by atoms with Gasteiger partial charge in [-0.3, -0.25) is 4.99 Å². The summed E-state index contributed by atoms with van der Waals surface area (Å²) in [5.74, 6) is 2.02. The lowest BCUT2D eigenvalue weighted by Crippen LogP contribution is -2.30. The third-order valence-corrected chi connectivity index (χ3v) is 3.88. The molecule has 0 saturated heterocycles. The molecule has 1 heterocycles. The van der Waals surface area contributed by atoms with Crippen LogP contribution in [0.15, 0.2) is 29.3 Å². The molecule has 3 rings (SSSR count). The van der Waals surface area contributed by atoms with Gasteiger partial charge in [0.1, 0.15) is 11.6 Å². The van der Waals surface area contributed by atoms with Gasteiger partial charge in [0.2, 0.25) is 0 Å². The zero-order valence-electron chi connectivity index (χ0n) is 11.4. The number of hydrogen-bond donors (Lipinski definition) is 1. The first-order valence-corrected chi connectivity index (χ1v) is 7.47. The van der Waals surface area contributed by atoms with Gasteiger partial charge in [-0.25, -0.2) is 0 Å². The summed E-state index contributed by atoms with van der Waals surface area (Å²) in [6.07, 6.45) is 7.94. The molecular weight excluding hydrogens is 236 g/mol. The smallest absolute Gasteiger partial charge is 0.128 e. The summed E-state index contributed by atoms with van der Waals surface area (Å²) in [5.41, 5.74) is 1.16. The van der Waals surface area contributed by atoms with Crippen molar-refractivity contribution >= 4 is 5.84 Å². The van der Waals surface area contributed by atoms with Crippen molar-refractivity contribution in [1.29, 1.82) is 0 Å². The Labute approximate surface area is 115 Å². The summed E-state index contributed by atoms with van der Waals surface area (Å²) >= 11 is 0. The second-order valence-electron chi connectivity index (χ2n) is 5.41. The highest BCUT2D eigenvalue weighted by molar-refractivity contribution is 5.99. The quantitative estimate of drug-likeness (QED) is 0.903. The highest BCUT2D eigenvalue weighted by atomic mass is 16.5. The minimum Gasteiger partial charge on any atom is -0.490 e. The van der Waals surface area contributed by atoms with Crippen LogP contribution >= 0.6 is 0 Å². The molecule has 1 fully saturated rings. The van der Waals surface area contributed by atoms with E-state index in [9.17, 15) is 0 Å². The Morgan fingerprint density at radius 1 is 1.00 bits per heavy atom. The Morgan fingerprint density at radius 2 is 1.79 bits per heavy atom. The van der Waals surface area contributed by atoms with Crippen molar-refractivity contribution in [3.05, 3.63) is 29.8 Å². The zero-order valence-corrected chi connectivity index (χ0v) is 11.4. The fraction of sp³-hybridized carbons (Fsp3) is 0.562. The molecule has 0 atom stereocenters. The van der Waals surface area contributed by atoms with Crippen molar-refractivity contribution < 1.29 is 4.74 Å². The molecule has 1 N–H and O–H groups in total. The molecule has 0 unspecified atom stereocenters. The molecule has 1 aliphatic carbocycles. The number of rotatable bonds is 3. The lowest BCUT2D eigenvalue weighted by molar-refractivity contribution is 0.155. The molecular formula is C16H22N2O. The largest absolute Gasteiger partial charge is 0.490 e. The van der Waals surface area contributed by atoms with E-state index < -0.39 is 0 Å². The van der Waals surface area contributed by atoms with Crippen LogP contribution in [0, 0.1) is 0 Å². The molecule has 0 amide bonds. The second-order valence-corrected chi connectivity index (χ2v) is 5.41. The summed E-state index contributed by atoms with van der Waals surface area (Å²) in [6, 6.07) is 8.36. The molecule has 0 radical (unpaired) electrons. The summed E-state index contributed by atoms with van der Waals surface area (Å²) in [6.45, 7) is 1.96. The number of nitrogens with one attached hydrogen (secondary N) is 1. The molecule has 1 aromatic carbocycles. The minimum atomic E-state index is 0.421. The number of nitrogens with zero attached hydrogens (tertiary/aromatic N) is 1. The van der Waals surface area contributed by atoms with Crippen molar-refractivity contribution in [3.63, 3.8) is 0 Å². The van der Waals surface area contributed by atoms with Gasteiger partial charge in [-0.15, -0.1) is 0 Å². The number of ether oxygens (including phenoxy) is 1. The minimum absolute atomic E-state index is 0.421. The standard InChI is InChI=1S/C16H22N2O/c1-2-5-14(6-3-1)19-15-9-7-13(8-10-15)16-17-11-4-12-18-16/h7-10,14H,1-6,11-12H2,(H,17,18). The van der Waals surface area contributed by atoms with Crippen molar-refractivity contribution in [2.75, 3.05) is 13.1 Å². The Morgan fingerprint density at radius 3 is 2.47 bits per heavy atom. The maximum absolute atomic E-state index is 6.04. The summed E-state index contributed by atoms with van der Waals surface area (Å²) in [7, 11) is 0. The molecule has 0 spiro atoms. The zero-order chi connectivity index (χ0) is 12.9. The maximum atomic E-state index is 6.04. The molecule has 2 aliphatic rings. The highest BCUT2D eigenvalue weighted by Gasteiger charge is 2.15. The van der Waals surface area contributed by atoms with E-state index in [0.29, 0.717) is 6.10 Å². The fourth-order valence-corrected chi connectivity index (χ4v) is 2.79. The van der Waals surface area contributed by atoms with Crippen molar-refractivity contribution in [3.8, 4) is 5.75 Å². The van der Waals surface area contributed by atoms with Crippen LogP contribution in [0.2, 0.25) is 0 Å². The molecule has 3 nitrogen and oxygen atoms in total. The van der Waals surface area contributed by atoms with Crippen LogP contribution in [0.5, 0.6) is 5.75 Å². The number of benzene rings is 1. The predicted octanol–water partition coefficient (Wildman–Crippen LogP) is 3.14.